The standard InChI is InChI=1S/C19H24N4O4/c1-12(24)22-15-5-6-21-18-13(15)3-4-14(19(18)26-2)16(11-17(20)25)23-7-9-27-10-8-23/h3-6,16H,7-11H2,1-2H3,(H2,20,25)(H,21,22,24). The van der Waals surface area contributed by atoms with E-state index in [9.17, 15) is 9.59 Å². The minimum atomic E-state index is -0.381. The van der Waals surface area contributed by atoms with Crippen LogP contribution in [0.15, 0.2) is 24.4 Å². The fourth-order valence-corrected chi connectivity index (χ4v) is 3.50. The number of hydrogen-bond donors (Lipinski definition) is 2. The normalized spacial score (nSPS) is 16.1. The number of anilines is 1. The van der Waals surface area contributed by atoms with Gasteiger partial charge in [-0.2, -0.15) is 0 Å². The zero-order chi connectivity index (χ0) is 19.4. The molecule has 27 heavy (non-hydrogen) atoms. The maximum atomic E-state index is 11.7. The van der Waals surface area contributed by atoms with Gasteiger partial charge in [-0.3, -0.25) is 19.5 Å². The Hall–Kier alpha value is -2.71. The van der Waals surface area contributed by atoms with Gasteiger partial charge in [-0.25, -0.2) is 0 Å². The summed E-state index contributed by atoms with van der Waals surface area (Å²) in [5.74, 6) is 0.0384. The number of fused-ring (bicyclic) bond motifs is 1. The van der Waals surface area contributed by atoms with Crippen molar-refractivity contribution in [1.82, 2.24) is 9.88 Å². The van der Waals surface area contributed by atoms with E-state index in [1.165, 1.54) is 6.92 Å². The topological polar surface area (TPSA) is 107 Å². The average Bonchev–Trinajstić information content (AvgIpc) is 2.65. The molecular weight excluding hydrogens is 348 g/mol. The quantitative estimate of drug-likeness (QED) is 0.795. The van der Waals surface area contributed by atoms with E-state index in [0.717, 1.165) is 10.9 Å². The van der Waals surface area contributed by atoms with Crippen molar-refractivity contribution in [3.05, 3.63) is 30.0 Å². The summed E-state index contributed by atoms with van der Waals surface area (Å²) in [6, 6.07) is 5.32. The van der Waals surface area contributed by atoms with Crippen LogP contribution in [0.3, 0.4) is 0 Å². The molecule has 3 rings (SSSR count). The Labute approximate surface area is 157 Å². The van der Waals surface area contributed by atoms with E-state index in [-0.39, 0.29) is 24.3 Å². The van der Waals surface area contributed by atoms with Crippen LogP contribution in [0.5, 0.6) is 5.75 Å². The smallest absolute Gasteiger partial charge is 0.221 e. The van der Waals surface area contributed by atoms with Gasteiger partial charge in [0.2, 0.25) is 11.8 Å². The predicted octanol–water partition coefficient (Wildman–Crippen LogP) is 1.45. The zero-order valence-corrected chi connectivity index (χ0v) is 15.5. The van der Waals surface area contributed by atoms with Gasteiger partial charge in [0.05, 0.1) is 26.0 Å². The molecule has 0 spiro atoms. The molecule has 8 nitrogen and oxygen atoms in total. The molecule has 1 unspecified atom stereocenters. The Morgan fingerprint density at radius 2 is 2.07 bits per heavy atom. The molecule has 0 aliphatic carbocycles. The maximum Gasteiger partial charge on any atom is 0.221 e. The Kier molecular flexibility index (Phi) is 5.88. The van der Waals surface area contributed by atoms with Crippen LogP contribution in [-0.4, -0.2) is 55.1 Å². The molecule has 2 amide bonds. The number of nitrogens with two attached hydrogens (primary N) is 1. The van der Waals surface area contributed by atoms with Gasteiger partial charge in [-0.1, -0.05) is 12.1 Å². The summed E-state index contributed by atoms with van der Waals surface area (Å²) in [5.41, 5.74) is 7.66. The number of nitrogens with one attached hydrogen (secondary N) is 1. The molecular formula is C19H24N4O4. The number of pyridine rings is 1. The lowest BCUT2D eigenvalue weighted by Crippen LogP contribution is -2.40. The number of ether oxygens (including phenoxy) is 2. The van der Waals surface area contributed by atoms with Crippen LogP contribution >= 0.6 is 0 Å². The molecule has 1 fully saturated rings. The zero-order valence-electron chi connectivity index (χ0n) is 15.5. The second-order valence-corrected chi connectivity index (χ2v) is 6.46. The first-order valence-corrected chi connectivity index (χ1v) is 8.84. The van der Waals surface area contributed by atoms with E-state index < -0.39 is 0 Å². The minimum Gasteiger partial charge on any atom is -0.494 e. The Balaban J connectivity index is 2.10. The molecule has 1 aromatic carbocycles. The number of rotatable bonds is 6. The van der Waals surface area contributed by atoms with Crippen molar-refractivity contribution in [3.8, 4) is 5.75 Å². The van der Waals surface area contributed by atoms with Gasteiger partial charge < -0.3 is 20.5 Å². The van der Waals surface area contributed by atoms with Crippen LogP contribution in [-0.2, 0) is 14.3 Å². The van der Waals surface area contributed by atoms with Crippen molar-refractivity contribution in [2.45, 2.75) is 19.4 Å². The molecule has 1 aromatic heterocycles. The van der Waals surface area contributed by atoms with Gasteiger partial charge in [0.1, 0.15) is 11.3 Å². The van der Waals surface area contributed by atoms with E-state index in [2.05, 4.69) is 15.2 Å². The van der Waals surface area contributed by atoms with Gasteiger partial charge in [-0.15, -0.1) is 0 Å². The number of aromatic nitrogens is 1. The van der Waals surface area contributed by atoms with Gasteiger partial charge >= 0.3 is 0 Å². The molecule has 144 valence electrons. The van der Waals surface area contributed by atoms with Gasteiger partial charge in [0.15, 0.2) is 0 Å². The average molecular weight is 372 g/mol. The van der Waals surface area contributed by atoms with Gasteiger partial charge in [-0.05, 0) is 6.07 Å². The number of hydrogen-bond acceptors (Lipinski definition) is 6. The molecule has 0 bridgehead atoms. The van der Waals surface area contributed by atoms with Crippen molar-refractivity contribution >= 4 is 28.4 Å². The van der Waals surface area contributed by atoms with E-state index in [1.807, 2.05) is 12.1 Å². The molecule has 1 aliphatic heterocycles. The molecule has 1 atom stereocenters. The molecule has 0 saturated carbocycles. The number of nitrogens with zero attached hydrogens (tertiary/aromatic N) is 2. The van der Waals surface area contributed by atoms with Crippen molar-refractivity contribution in [2.24, 2.45) is 5.73 Å². The maximum absolute atomic E-state index is 11.7. The minimum absolute atomic E-state index is 0.162. The highest BCUT2D eigenvalue weighted by molar-refractivity contribution is 6.02. The van der Waals surface area contributed by atoms with Crippen molar-refractivity contribution in [3.63, 3.8) is 0 Å². The van der Waals surface area contributed by atoms with Crippen LogP contribution in [0.2, 0.25) is 0 Å². The third-order valence-electron chi connectivity index (χ3n) is 4.65. The highest BCUT2D eigenvalue weighted by Gasteiger charge is 2.28. The summed E-state index contributed by atoms with van der Waals surface area (Å²) in [4.78, 5) is 29.8. The van der Waals surface area contributed by atoms with Crippen molar-refractivity contribution < 1.29 is 19.1 Å². The molecule has 8 heteroatoms. The monoisotopic (exact) mass is 372 g/mol. The fraction of sp³-hybridized carbons (Fsp3) is 0.421. The molecule has 3 N–H and O–H groups in total. The van der Waals surface area contributed by atoms with Crippen molar-refractivity contribution in [1.29, 1.82) is 0 Å². The second kappa shape index (κ2) is 8.32. The SMILES string of the molecule is COc1c(C(CC(N)=O)N2CCOCC2)ccc2c(NC(C)=O)ccnc12. The first-order chi connectivity index (χ1) is 13.0. The number of amides is 2. The highest BCUT2D eigenvalue weighted by Crippen LogP contribution is 2.38. The molecule has 0 radical (unpaired) electrons. The lowest BCUT2D eigenvalue weighted by atomic mass is 9.97. The van der Waals surface area contributed by atoms with Crippen LogP contribution in [0.4, 0.5) is 5.69 Å². The number of morpholine rings is 1. The first kappa shape index (κ1) is 19.1. The van der Waals surface area contributed by atoms with E-state index in [4.69, 9.17) is 15.2 Å². The van der Waals surface area contributed by atoms with Crippen LogP contribution in [0.1, 0.15) is 24.9 Å². The molecule has 2 heterocycles. The Morgan fingerprint density at radius 1 is 1.33 bits per heavy atom. The fourth-order valence-electron chi connectivity index (χ4n) is 3.50. The number of primary amides is 1. The summed E-state index contributed by atoms with van der Waals surface area (Å²) in [6.07, 6.45) is 1.80. The van der Waals surface area contributed by atoms with E-state index >= 15 is 0 Å². The number of carbonyl (C=O) groups excluding carboxylic acids is 2. The lowest BCUT2D eigenvalue weighted by Gasteiger charge is -2.35. The van der Waals surface area contributed by atoms with Crippen LogP contribution in [0.25, 0.3) is 10.9 Å². The Morgan fingerprint density at radius 3 is 2.70 bits per heavy atom. The van der Waals surface area contributed by atoms with Crippen LogP contribution < -0.4 is 15.8 Å². The third kappa shape index (κ3) is 4.17. The van der Waals surface area contributed by atoms with Crippen molar-refractivity contribution in [2.75, 3.05) is 38.7 Å². The van der Waals surface area contributed by atoms with E-state index in [0.29, 0.717) is 43.3 Å². The van der Waals surface area contributed by atoms with Gasteiger partial charge in [0, 0.05) is 49.6 Å². The first-order valence-electron chi connectivity index (χ1n) is 8.84. The predicted molar refractivity (Wildman–Crippen MR) is 102 cm³/mol. The van der Waals surface area contributed by atoms with Gasteiger partial charge in [0.25, 0.3) is 0 Å². The molecule has 1 aliphatic rings. The number of benzene rings is 1. The third-order valence-corrected chi connectivity index (χ3v) is 4.65. The Bertz CT molecular complexity index is 849. The summed E-state index contributed by atoms with van der Waals surface area (Å²) in [7, 11) is 1.58. The van der Waals surface area contributed by atoms with E-state index in [1.54, 1.807) is 19.4 Å². The number of carbonyl (C=O) groups is 2. The van der Waals surface area contributed by atoms with Crippen LogP contribution in [0, 0.1) is 0 Å². The lowest BCUT2D eigenvalue weighted by molar-refractivity contribution is -0.120. The molecule has 2 aromatic rings. The number of methoxy groups -OCH3 is 1. The summed E-state index contributed by atoms with van der Waals surface area (Å²) in [6.45, 7) is 4.09. The highest BCUT2D eigenvalue weighted by atomic mass is 16.5. The summed E-state index contributed by atoms with van der Waals surface area (Å²) in [5, 5.41) is 3.58. The summed E-state index contributed by atoms with van der Waals surface area (Å²) >= 11 is 0. The second-order valence-electron chi connectivity index (χ2n) is 6.46. The molecule has 1 saturated heterocycles. The largest absolute Gasteiger partial charge is 0.494 e. The summed E-state index contributed by atoms with van der Waals surface area (Å²) < 4.78 is 11.1.